The average Bonchev–Trinajstić information content (AvgIpc) is 3.25. The van der Waals surface area contributed by atoms with Gasteiger partial charge in [0.2, 0.25) is 5.91 Å². The van der Waals surface area contributed by atoms with E-state index in [1.54, 1.807) is 11.0 Å². The Labute approximate surface area is 157 Å². The number of carboxylic acids is 1. The van der Waals surface area contributed by atoms with Gasteiger partial charge in [-0.25, -0.2) is 0 Å². The normalized spacial score (nSPS) is 30.7. The standard InChI is InChI=1S/C19H21ClN2O4/c20-13-4-2-1-3-12(13)11-21-7-9-22(10-8-21)18(23)16-14-5-6-15(26-14)17(16)19(24)25/h1-6,14-17H,7-11H2,(H,24,25)/t14-,15+,16+,17-/m1/s1. The number of halogens is 1. The largest absolute Gasteiger partial charge is 0.481 e. The maximum Gasteiger partial charge on any atom is 0.310 e. The summed E-state index contributed by atoms with van der Waals surface area (Å²) < 4.78 is 5.62. The van der Waals surface area contributed by atoms with Crippen molar-refractivity contribution in [2.24, 2.45) is 11.8 Å². The molecule has 1 N–H and O–H groups in total. The molecule has 1 aromatic rings. The van der Waals surface area contributed by atoms with Gasteiger partial charge in [-0.3, -0.25) is 14.5 Å². The first-order valence-corrected chi connectivity index (χ1v) is 9.23. The molecule has 0 aromatic heterocycles. The highest BCUT2D eigenvalue weighted by Gasteiger charge is 2.54. The number of hydrogen-bond acceptors (Lipinski definition) is 4. The summed E-state index contributed by atoms with van der Waals surface area (Å²) in [6, 6.07) is 7.77. The van der Waals surface area contributed by atoms with Crippen molar-refractivity contribution in [3.63, 3.8) is 0 Å². The highest BCUT2D eigenvalue weighted by Crippen LogP contribution is 2.40. The molecule has 4 rings (SSSR count). The summed E-state index contributed by atoms with van der Waals surface area (Å²) in [7, 11) is 0. The number of fused-ring (bicyclic) bond motifs is 2. The Morgan fingerprint density at radius 2 is 1.73 bits per heavy atom. The number of hydrogen-bond donors (Lipinski definition) is 1. The van der Waals surface area contributed by atoms with Crippen molar-refractivity contribution < 1.29 is 19.4 Å². The quantitative estimate of drug-likeness (QED) is 0.809. The van der Waals surface area contributed by atoms with Gasteiger partial charge in [0.25, 0.3) is 0 Å². The number of benzene rings is 1. The number of amides is 1. The van der Waals surface area contributed by atoms with Crippen LogP contribution in [-0.2, 0) is 20.9 Å². The minimum atomic E-state index is -0.961. The molecule has 7 heteroatoms. The molecular formula is C19H21ClN2O4. The zero-order valence-corrected chi connectivity index (χ0v) is 15.0. The lowest BCUT2D eigenvalue weighted by Gasteiger charge is -2.37. The van der Waals surface area contributed by atoms with E-state index in [9.17, 15) is 14.7 Å². The number of nitrogens with zero attached hydrogens (tertiary/aromatic N) is 2. The molecule has 26 heavy (non-hydrogen) atoms. The second kappa shape index (κ2) is 7.02. The third kappa shape index (κ3) is 3.13. The fraction of sp³-hybridized carbons (Fsp3) is 0.474. The van der Waals surface area contributed by atoms with E-state index in [1.165, 1.54) is 0 Å². The highest BCUT2D eigenvalue weighted by atomic mass is 35.5. The molecule has 3 aliphatic rings. The molecule has 0 radical (unpaired) electrons. The van der Waals surface area contributed by atoms with Crippen molar-refractivity contribution >= 4 is 23.5 Å². The lowest BCUT2D eigenvalue weighted by atomic mass is 9.82. The van der Waals surface area contributed by atoms with Crippen LogP contribution in [0, 0.1) is 11.8 Å². The number of carbonyl (C=O) groups is 2. The van der Waals surface area contributed by atoms with E-state index in [1.807, 2.05) is 30.3 Å². The Morgan fingerprint density at radius 3 is 2.38 bits per heavy atom. The van der Waals surface area contributed by atoms with E-state index >= 15 is 0 Å². The third-order valence-electron chi connectivity index (χ3n) is 5.51. The van der Waals surface area contributed by atoms with E-state index in [0.29, 0.717) is 13.1 Å². The first-order chi connectivity index (χ1) is 12.5. The van der Waals surface area contributed by atoms with Crippen LogP contribution in [0.15, 0.2) is 36.4 Å². The summed E-state index contributed by atoms with van der Waals surface area (Å²) in [6.45, 7) is 3.41. The minimum Gasteiger partial charge on any atom is -0.481 e. The van der Waals surface area contributed by atoms with Crippen molar-refractivity contribution in [3.8, 4) is 0 Å². The predicted octanol–water partition coefficient (Wildman–Crippen LogP) is 1.64. The van der Waals surface area contributed by atoms with Crippen LogP contribution in [-0.4, -0.2) is 65.2 Å². The van der Waals surface area contributed by atoms with E-state index in [-0.39, 0.29) is 5.91 Å². The van der Waals surface area contributed by atoms with Crippen LogP contribution in [0.4, 0.5) is 0 Å². The molecule has 138 valence electrons. The third-order valence-corrected chi connectivity index (χ3v) is 5.87. The first-order valence-electron chi connectivity index (χ1n) is 8.86. The molecule has 6 nitrogen and oxygen atoms in total. The van der Waals surface area contributed by atoms with Gasteiger partial charge in [-0.15, -0.1) is 0 Å². The van der Waals surface area contributed by atoms with Crippen LogP contribution in [0.5, 0.6) is 0 Å². The molecule has 2 fully saturated rings. The van der Waals surface area contributed by atoms with Crippen LogP contribution in [0.25, 0.3) is 0 Å². The van der Waals surface area contributed by atoms with Crippen molar-refractivity contribution in [1.82, 2.24) is 9.80 Å². The molecule has 4 atom stereocenters. The lowest BCUT2D eigenvalue weighted by molar-refractivity contribution is -0.150. The number of rotatable bonds is 4. The smallest absolute Gasteiger partial charge is 0.310 e. The summed E-state index contributed by atoms with van der Waals surface area (Å²) in [5.41, 5.74) is 1.08. The number of piperazine rings is 1. The van der Waals surface area contributed by atoms with E-state index in [4.69, 9.17) is 16.3 Å². The Bertz CT molecular complexity index is 745. The van der Waals surface area contributed by atoms with Crippen LogP contribution >= 0.6 is 11.6 Å². The summed E-state index contributed by atoms with van der Waals surface area (Å²) in [5.74, 6) is -2.46. The van der Waals surface area contributed by atoms with E-state index in [2.05, 4.69) is 4.90 Å². The topological polar surface area (TPSA) is 70.1 Å². The molecule has 1 amide bonds. The Hall–Kier alpha value is -1.89. The van der Waals surface area contributed by atoms with Gasteiger partial charge in [0.05, 0.1) is 18.1 Å². The van der Waals surface area contributed by atoms with Gasteiger partial charge in [0.1, 0.15) is 5.92 Å². The van der Waals surface area contributed by atoms with E-state index in [0.717, 1.165) is 30.2 Å². The minimum absolute atomic E-state index is 0.105. The monoisotopic (exact) mass is 376 g/mol. The molecule has 2 bridgehead atoms. The second-order valence-corrected chi connectivity index (χ2v) is 7.44. The van der Waals surface area contributed by atoms with Gasteiger partial charge >= 0.3 is 5.97 Å². The zero-order valence-electron chi connectivity index (χ0n) is 14.3. The van der Waals surface area contributed by atoms with Crippen molar-refractivity contribution in [2.75, 3.05) is 26.2 Å². The SMILES string of the molecule is O=C(O)[C@H]1[C@@H](C(=O)N2CCN(Cc3ccccc3Cl)CC2)[C@H]2C=C[C@@H]1O2. The fourth-order valence-electron chi connectivity index (χ4n) is 4.10. The zero-order chi connectivity index (χ0) is 18.3. The Kier molecular flexibility index (Phi) is 4.73. The van der Waals surface area contributed by atoms with Gasteiger partial charge in [-0.2, -0.15) is 0 Å². The molecule has 0 unspecified atom stereocenters. The van der Waals surface area contributed by atoms with Crippen molar-refractivity contribution in [2.45, 2.75) is 18.8 Å². The molecule has 0 aliphatic carbocycles. The molecule has 2 saturated heterocycles. The molecular weight excluding hydrogens is 356 g/mol. The Balaban J connectivity index is 1.37. The van der Waals surface area contributed by atoms with Crippen LogP contribution < -0.4 is 0 Å². The number of carbonyl (C=O) groups excluding carboxylic acids is 1. The summed E-state index contributed by atoms with van der Waals surface area (Å²) >= 11 is 6.22. The number of ether oxygens (including phenoxy) is 1. The van der Waals surface area contributed by atoms with Crippen LogP contribution in [0.1, 0.15) is 5.56 Å². The first kappa shape index (κ1) is 17.5. The highest BCUT2D eigenvalue weighted by molar-refractivity contribution is 6.31. The molecule has 0 spiro atoms. The van der Waals surface area contributed by atoms with Gasteiger partial charge in [0, 0.05) is 37.7 Å². The van der Waals surface area contributed by atoms with Gasteiger partial charge < -0.3 is 14.7 Å². The van der Waals surface area contributed by atoms with Crippen molar-refractivity contribution in [1.29, 1.82) is 0 Å². The molecule has 3 aliphatic heterocycles. The predicted molar refractivity (Wildman–Crippen MR) is 95.7 cm³/mol. The maximum absolute atomic E-state index is 12.9. The number of aliphatic carboxylic acids is 1. The Morgan fingerprint density at radius 1 is 1.08 bits per heavy atom. The average molecular weight is 377 g/mol. The molecule has 0 saturated carbocycles. The van der Waals surface area contributed by atoms with Crippen molar-refractivity contribution in [3.05, 3.63) is 47.0 Å². The summed E-state index contributed by atoms with van der Waals surface area (Å²) in [4.78, 5) is 28.5. The molecule has 3 heterocycles. The van der Waals surface area contributed by atoms with Gasteiger partial charge in [-0.05, 0) is 11.6 Å². The van der Waals surface area contributed by atoms with Gasteiger partial charge in [0.15, 0.2) is 0 Å². The lowest BCUT2D eigenvalue weighted by Crippen LogP contribution is -2.52. The number of carboxylic acid groups (broad SMARTS) is 1. The van der Waals surface area contributed by atoms with E-state index < -0.39 is 30.0 Å². The van der Waals surface area contributed by atoms with Gasteiger partial charge in [-0.1, -0.05) is 42.0 Å². The summed E-state index contributed by atoms with van der Waals surface area (Å²) in [5, 5.41) is 10.2. The second-order valence-electron chi connectivity index (χ2n) is 7.03. The molecule has 1 aromatic carbocycles. The maximum atomic E-state index is 12.9. The van der Waals surface area contributed by atoms with Crippen LogP contribution in [0.3, 0.4) is 0 Å². The summed E-state index contributed by atoms with van der Waals surface area (Å²) in [6.07, 6.45) is 2.69. The fourth-order valence-corrected chi connectivity index (χ4v) is 4.30. The van der Waals surface area contributed by atoms with Crippen LogP contribution in [0.2, 0.25) is 5.02 Å².